The molecule has 4 nitrogen and oxygen atoms in total. The van der Waals surface area contributed by atoms with Crippen LogP contribution in [0.25, 0.3) is 71.7 Å². The highest BCUT2D eigenvalue weighted by Gasteiger charge is 2.22. The molecule has 0 unspecified atom stereocenters. The number of fused-ring (bicyclic) bond motifs is 13. The molecule has 4 aromatic heterocycles. The van der Waals surface area contributed by atoms with Gasteiger partial charge in [-0.3, -0.25) is 4.40 Å². The van der Waals surface area contributed by atoms with Crippen molar-refractivity contribution in [2.45, 2.75) is 27.7 Å². The van der Waals surface area contributed by atoms with Crippen LogP contribution in [0, 0.1) is 27.7 Å². The van der Waals surface area contributed by atoms with E-state index in [1.165, 1.54) is 22.3 Å². The summed E-state index contributed by atoms with van der Waals surface area (Å²) in [5.74, 6) is 0.931. The first-order chi connectivity index (χ1) is 17.5. The van der Waals surface area contributed by atoms with E-state index >= 15 is 0 Å². The molecule has 0 saturated carbocycles. The smallest absolute Gasteiger partial charge is 0.149 e. The Morgan fingerprint density at radius 2 is 1.31 bits per heavy atom. The van der Waals surface area contributed by atoms with Crippen molar-refractivity contribution in [2.24, 2.45) is 0 Å². The molecule has 36 heavy (non-hydrogen) atoms. The summed E-state index contributed by atoms with van der Waals surface area (Å²) >= 11 is 0. The molecule has 0 fully saturated rings. The van der Waals surface area contributed by atoms with Crippen LogP contribution in [0.3, 0.4) is 0 Å². The second kappa shape index (κ2) is 6.61. The van der Waals surface area contributed by atoms with Crippen LogP contribution in [-0.4, -0.2) is 14.4 Å². The molecule has 4 aromatic carbocycles. The van der Waals surface area contributed by atoms with Crippen molar-refractivity contribution < 1.29 is 4.42 Å². The highest BCUT2D eigenvalue weighted by Crippen LogP contribution is 2.43. The molecule has 0 spiro atoms. The van der Waals surface area contributed by atoms with Crippen LogP contribution in [0.1, 0.15) is 22.3 Å². The Morgan fingerprint density at radius 1 is 0.611 bits per heavy atom. The van der Waals surface area contributed by atoms with Crippen molar-refractivity contribution in [1.29, 1.82) is 0 Å². The fourth-order valence-electron chi connectivity index (χ4n) is 6.18. The number of hydrogen-bond donors (Lipinski definition) is 0. The van der Waals surface area contributed by atoms with Gasteiger partial charge in [-0.2, -0.15) is 0 Å². The summed E-state index contributed by atoms with van der Waals surface area (Å²) in [4.78, 5) is 10.5. The Hall–Kier alpha value is -4.44. The third-order valence-corrected chi connectivity index (χ3v) is 7.64. The van der Waals surface area contributed by atoms with Crippen LogP contribution < -0.4 is 0 Å². The molecule has 4 heterocycles. The standard InChI is InChI=1S/C32H23N3O/c1-16-9-10-25-24(13-16)31-34-26-14-22-23(30-21-8-6-5-7-20(21)29(22)36-30)15-27(26)35(31)32(33-25)28-18(3)11-17(2)12-19(28)4/h5-15H,1-4H3. The maximum Gasteiger partial charge on any atom is 0.149 e. The fourth-order valence-corrected chi connectivity index (χ4v) is 6.18. The first-order valence-electron chi connectivity index (χ1n) is 12.3. The van der Waals surface area contributed by atoms with Crippen molar-refractivity contribution in [1.82, 2.24) is 14.4 Å². The zero-order valence-electron chi connectivity index (χ0n) is 20.6. The van der Waals surface area contributed by atoms with Crippen molar-refractivity contribution in [3.8, 4) is 11.4 Å². The zero-order chi connectivity index (χ0) is 24.3. The summed E-state index contributed by atoms with van der Waals surface area (Å²) in [6, 6.07) is 23.8. The quantitative estimate of drug-likeness (QED) is 0.229. The van der Waals surface area contributed by atoms with Gasteiger partial charge >= 0.3 is 0 Å². The number of aromatic nitrogens is 3. The van der Waals surface area contributed by atoms with Gasteiger partial charge in [-0.25, -0.2) is 9.97 Å². The van der Waals surface area contributed by atoms with E-state index in [1.807, 2.05) is 0 Å². The molecule has 0 atom stereocenters. The lowest BCUT2D eigenvalue weighted by Crippen LogP contribution is -2.02. The molecule has 0 aliphatic rings. The molecule has 0 amide bonds. The fraction of sp³-hybridized carbons (Fsp3) is 0.125. The second-order valence-electron chi connectivity index (χ2n) is 10.2. The van der Waals surface area contributed by atoms with Crippen LogP contribution in [0.4, 0.5) is 0 Å². The van der Waals surface area contributed by atoms with Crippen LogP contribution in [0.5, 0.6) is 0 Å². The average Bonchev–Trinajstić information content (AvgIpc) is 3.53. The van der Waals surface area contributed by atoms with Gasteiger partial charge in [0.05, 0.1) is 16.6 Å². The third-order valence-electron chi connectivity index (χ3n) is 7.64. The summed E-state index contributed by atoms with van der Waals surface area (Å²) in [5.41, 5.74) is 11.9. The number of benzene rings is 5. The van der Waals surface area contributed by atoms with Crippen LogP contribution in [0.2, 0.25) is 0 Å². The number of rotatable bonds is 1. The van der Waals surface area contributed by atoms with Gasteiger partial charge in [-0.1, -0.05) is 53.6 Å². The zero-order valence-corrected chi connectivity index (χ0v) is 20.6. The SMILES string of the molecule is Cc1cc(C)c(-c2nc3ccc(C)cc3c3nc4cc5c(cc4n23)c2oc5c3ccccc32)c(C)c1. The van der Waals surface area contributed by atoms with Crippen molar-refractivity contribution in [3.05, 3.63) is 89.0 Å². The first-order valence-corrected chi connectivity index (χ1v) is 12.3. The number of furan rings is 2. The first kappa shape index (κ1) is 19.8. The summed E-state index contributed by atoms with van der Waals surface area (Å²) in [5, 5.41) is 5.65. The van der Waals surface area contributed by atoms with E-state index in [2.05, 4.69) is 98.8 Å². The topological polar surface area (TPSA) is 43.3 Å². The molecule has 8 aromatic rings. The van der Waals surface area contributed by atoms with E-state index < -0.39 is 0 Å². The Balaban J connectivity index is 1.60. The number of nitrogens with zero attached hydrogens (tertiary/aromatic N) is 3. The van der Waals surface area contributed by atoms with Crippen molar-refractivity contribution >= 4 is 60.3 Å². The van der Waals surface area contributed by atoms with E-state index in [1.54, 1.807) is 0 Å². The molecular formula is C32H23N3O. The van der Waals surface area contributed by atoms with E-state index in [4.69, 9.17) is 14.4 Å². The Labute approximate surface area is 207 Å². The van der Waals surface area contributed by atoms with Gasteiger partial charge in [0.15, 0.2) is 0 Å². The summed E-state index contributed by atoms with van der Waals surface area (Å²) in [6.45, 7) is 8.62. The summed E-state index contributed by atoms with van der Waals surface area (Å²) in [7, 11) is 0. The normalized spacial score (nSPS) is 12.4. The minimum absolute atomic E-state index is 0.931. The lowest BCUT2D eigenvalue weighted by atomic mass is 9.98. The molecule has 0 aliphatic heterocycles. The molecule has 2 bridgehead atoms. The lowest BCUT2D eigenvalue weighted by molar-refractivity contribution is 0.682. The maximum atomic E-state index is 6.30. The average molecular weight is 466 g/mol. The van der Waals surface area contributed by atoms with Crippen molar-refractivity contribution in [2.75, 3.05) is 0 Å². The van der Waals surface area contributed by atoms with E-state index in [9.17, 15) is 0 Å². The van der Waals surface area contributed by atoms with Gasteiger partial charge in [-0.15, -0.1) is 0 Å². The number of aryl methyl sites for hydroxylation is 4. The van der Waals surface area contributed by atoms with Crippen molar-refractivity contribution in [3.63, 3.8) is 0 Å². The van der Waals surface area contributed by atoms with Crippen LogP contribution >= 0.6 is 0 Å². The lowest BCUT2D eigenvalue weighted by Gasteiger charge is -2.15. The predicted octanol–water partition coefficient (Wildman–Crippen LogP) is 8.43. The highest BCUT2D eigenvalue weighted by molar-refractivity contribution is 6.27. The largest absolute Gasteiger partial charge is 0.455 e. The predicted molar refractivity (Wildman–Crippen MR) is 148 cm³/mol. The van der Waals surface area contributed by atoms with E-state index in [0.717, 1.165) is 71.7 Å². The monoisotopic (exact) mass is 465 g/mol. The van der Waals surface area contributed by atoms with Crippen LogP contribution in [0.15, 0.2) is 71.1 Å². The highest BCUT2D eigenvalue weighted by atomic mass is 16.3. The maximum absolute atomic E-state index is 6.30. The molecule has 8 rings (SSSR count). The molecular weight excluding hydrogens is 442 g/mol. The minimum Gasteiger partial charge on any atom is -0.455 e. The molecule has 0 radical (unpaired) electrons. The molecule has 0 saturated heterocycles. The molecule has 0 N–H and O–H groups in total. The Kier molecular flexibility index (Phi) is 3.64. The van der Waals surface area contributed by atoms with Gasteiger partial charge in [0.25, 0.3) is 0 Å². The summed E-state index contributed by atoms with van der Waals surface area (Å²) < 4.78 is 8.55. The van der Waals surface area contributed by atoms with Gasteiger partial charge in [0.1, 0.15) is 22.6 Å². The van der Waals surface area contributed by atoms with Gasteiger partial charge in [0, 0.05) is 32.5 Å². The molecule has 4 heteroatoms. The Bertz CT molecular complexity index is 2170. The van der Waals surface area contributed by atoms with Gasteiger partial charge in [0.2, 0.25) is 0 Å². The van der Waals surface area contributed by atoms with Gasteiger partial charge < -0.3 is 4.42 Å². The molecule has 0 aliphatic carbocycles. The van der Waals surface area contributed by atoms with E-state index in [0.29, 0.717) is 0 Å². The van der Waals surface area contributed by atoms with Crippen LogP contribution in [-0.2, 0) is 0 Å². The minimum atomic E-state index is 0.931. The number of imidazole rings is 1. The van der Waals surface area contributed by atoms with Gasteiger partial charge in [-0.05, 0) is 63.1 Å². The summed E-state index contributed by atoms with van der Waals surface area (Å²) in [6.07, 6.45) is 0. The molecule has 172 valence electrons. The third kappa shape index (κ3) is 2.43. The number of hydrogen-bond acceptors (Lipinski definition) is 3. The second-order valence-corrected chi connectivity index (χ2v) is 10.2. The Morgan fingerprint density at radius 3 is 2.03 bits per heavy atom. The van der Waals surface area contributed by atoms with E-state index in [-0.39, 0.29) is 0 Å².